The molecule has 6 nitrogen and oxygen atoms in total. The van der Waals surface area contributed by atoms with E-state index in [0.717, 1.165) is 10.8 Å². The fraction of sp³-hybridized carbons (Fsp3) is 0.353. The molecule has 1 amide bonds. The van der Waals surface area contributed by atoms with Crippen LogP contribution in [-0.2, 0) is 22.6 Å². The van der Waals surface area contributed by atoms with E-state index in [-0.39, 0.29) is 25.3 Å². The van der Waals surface area contributed by atoms with Crippen molar-refractivity contribution >= 4 is 23.2 Å². The van der Waals surface area contributed by atoms with Gasteiger partial charge in [0.1, 0.15) is 17.4 Å². The molecule has 128 valence electrons. The number of carboxylic acids is 1. The maximum Gasteiger partial charge on any atom is 0.305 e. The van der Waals surface area contributed by atoms with Crippen LogP contribution in [0.15, 0.2) is 29.6 Å². The molecule has 0 bridgehead atoms. The highest BCUT2D eigenvalue weighted by Gasteiger charge is 2.13. The van der Waals surface area contributed by atoms with Gasteiger partial charge in [-0.3, -0.25) is 9.59 Å². The summed E-state index contributed by atoms with van der Waals surface area (Å²) in [6.45, 7) is 2.57. The molecule has 0 aliphatic rings. The average Bonchev–Trinajstić information content (AvgIpc) is 2.99. The van der Waals surface area contributed by atoms with Gasteiger partial charge in [-0.05, 0) is 19.1 Å². The second-order valence-corrected chi connectivity index (χ2v) is 6.41. The number of ether oxygens (including phenoxy) is 1. The van der Waals surface area contributed by atoms with Crippen LogP contribution >= 0.6 is 11.3 Å². The Hall–Kier alpha value is -2.41. The van der Waals surface area contributed by atoms with E-state index >= 15 is 0 Å². The van der Waals surface area contributed by atoms with Crippen molar-refractivity contribution in [2.75, 3.05) is 13.6 Å². The number of rotatable bonds is 8. The molecule has 1 aromatic carbocycles. The monoisotopic (exact) mass is 348 g/mol. The Morgan fingerprint density at radius 3 is 2.67 bits per heavy atom. The summed E-state index contributed by atoms with van der Waals surface area (Å²) in [6.07, 6.45) is 0.103. The number of likely N-dealkylation sites (N-methyl/N-ethyl adjacent to an activating group) is 1. The van der Waals surface area contributed by atoms with E-state index < -0.39 is 5.97 Å². The summed E-state index contributed by atoms with van der Waals surface area (Å²) in [5.41, 5.74) is 1.85. The number of thiazole rings is 1. The SMILES string of the molecule is Cc1ccc(OCc2nc(CC(=O)N(C)CCC(=O)O)cs2)cc1. The van der Waals surface area contributed by atoms with Gasteiger partial charge in [-0.25, -0.2) is 4.98 Å². The number of aryl methyl sites for hydroxylation is 1. The number of nitrogens with zero attached hydrogens (tertiary/aromatic N) is 2. The van der Waals surface area contributed by atoms with Gasteiger partial charge in [0.15, 0.2) is 0 Å². The normalized spacial score (nSPS) is 10.4. The fourth-order valence-electron chi connectivity index (χ4n) is 1.95. The molecule has 2 rings (SSSR count). The summed E-state index contributed by atoms with van der Waals surface area (Å²) >= 11 is 1.44. The van der Waals surface area contributed by atoms with Gasteiger partial charge in [-0.2, -0.15) is 0 Å². The first-order chi connectivity index (χ1) is 11.4. The molecular formula is C17H20N2O4S. The third kappa shape index (κ3) is 5.66. The van der Waals surface area contributed by atoms with E-state index in [1.807, 2.05) is 36.6 Å². The van der Waals surface area contributed by atoms with Gasteiger partial charge in [-0.15, -0.1) is 11.3 Å². The van der Waals surface area contributed by atoms with Crippen molar-refractivity contribution in [3.05, 3.63) is 45.9 Å². The lowest BCUT2D eigenvalue weighted by Crippen LogP contribution is -2.30. The number of carbonyl (C=O) groups excluding carboxylic acids is 1. The van der Waals surface area contributed by atoms with Gasteiger partial charge in [0.2, 0.25) is 5.91 Å². The first-order valence-corrected chi connectivity index (χ1v) is 8.40. The van der Waals surface area contributed by atoms with Crippen LogP contribution < -0.4 is 4.74 Å². The van der Waals surface area contributed by atoms with Gasteiger partial charge < -0.3 is 14.7 Å². The summed E-state index contributed by atoms with van der Waals surface area (Å²) in [5, 5.41) is 11.3. The Morgan fingerprint density at radius 2 is 2.00 bits per heavy atom. The van der Waals surface area contributed by atoms with Crippen LogP contribution in [0.4, 0.5) is 0 Å². The molecule has 0 spiro atoms. The van der Waals surface area contributed by atoms with Crippen LogP contribution in [0.3, 0.4) is 0 Å². The predicted octanol–water partition coefficient (Wildman–Crippen LogP) is 2.51. The molecule has 0 aliphatic carbocycles. The van der Waals surface area contributed by atoms with Crippen LogP contribution in [0.5, 0.6) is 5.75 Å². The van der Waals surface area contributed by atoms with Gasteiger partial charge >= 0.3 is 5.97 Å². The summed E-state index contributed by atoms with van der Waals surface area (Å²) < 4.78 is 5.67. The van der Waals surface area contributed by atoms with Crippen LogP contribution in [0.2, 0.25) is 0 Å². The molecule has 7 heteroatoms. The van der Waals surface area contributed by atoms with E-state index in [4.69, 9.17) is 9.84 Å². The Balaban J connectivity index is 1.82. The van der Waals surface area contributed by atoms with Crippen molar-refractivity contribution in [1.82, 2.24) is 9.88 Å². The molecule has 0 aliphatic heterocycles. The van der Waals surface area contributed by atoms with Gasteiger partial charge in [0, 0.05) is 19.0 Å². The number of hydrogen-bond donors (Lipinski definition) is 1. The van der Waals surface area contributed by atoms with Gasteiger partial charge in [0.05, 0.1) is 18.5 Å². The zero-order valence-corrected chi connectivity index (χ0v) is 14.5. The number of aromatic nitrogens is 1. The molecule has 0 saturated carbocycles. The molecule has 0 fully saturated rings. The standard InChI is InChI=1S/C17H20N2O4S/c1-12-3-5-14(6-4-12)23-10-15-18-13(11-24-15)9-16(20)19(2)8-7-17(21)22/h3-6,11H,7-10H2,1-2H3,(H,21,22). The maximum absolute atomic E-state index is 12.0. The first kappa shape index (κ1) is 17.9. The Kier molecular flexibility index (Phi) is 6.31. The molecule has 1 N–H and O–H groups in total. The van der Waals surface area contributed by atoms with Crippen molar-refractivity contribution in [2.45, 2.75) is 26.4 Å². The summed E-state index contributed by atoms with van der Waals surface area (Å²) in [7, 11) is 1.60. The van der Waals surface area contributed by atoms with Gasteiger partial charge in [0.25, 0.3) is 0 Å². The minimum atomic E-state index is -0.918. The third-order valence-corrected chi connectivity index (χ3v) is 4.27. The molecule has 0 atom stereocenters. The van der Waals surface area contributed by atoms with Crippen LogP contribution in [0.25, 0.3) is 0 Å². The summed E-state index contributed by atoms with van der Waals surface area (Å²) in [4.78, 5) is 28.3. The number of hydrogen-bond acceptors (Lipinski definition) is 5. The van der Waals surface area contributed by atoms with E-state index in [9.17, 15) is 9.59 Å². The minimum Gasteiger partial charge on any atom is -0.486 e. The van der Waals surface area contributed by atoms with Gasteiger partial charge in [-0.1, -0.05) is 17.7 Å². The second-order valence-electron chi connectivity index (χ2n) is 5.47. The number of aliphatic carboxylic acids is 1. The lowest BCUT2D eigenvalue weighted by molar-refractivity contribution is -0.138. The molecular weight excluding hydrogens is 328 g/mol. The minimum absolute atomic E-state index is 0.0606. The maximum atomic E-state index is 12.0. The third-order valence-electron chi connectivity index (χ3n) is 3.40. The van der Waals surface area contributed by atoms with Crippen LogP contribution in [0.1, 0.15) is 22.7 Å². The Morgan fingerprint density at radius 1 is 1.29 bits per heavy atom. The molecule has 24 heavy (non-hydrogen) atoms. The summed E-state index contributed by atoms with van der Waals surface area (Å²) in [5.74, 6) is -0.284. The molecule has 0 radical (unpaired) electrons. The number of amides is 1. The molecule has 0 saturated heterocycles. The number of benzene rings is 1. The quantitative estimate of drug-likeness (QED) is 0.793. The smallest absolute Gasteiger partial charge is 0.305 e. The predicted molar refractivity (Wildman–Crippen MR) is 91.2 cm³/mol. The highest BCUT2D eigenvalue weighted by molar-refractivity contribution is 7.09. The summed E-state index contributed by atoms with van der Waals surface area (Å²) in [6, 6.07) is 7.78. The zero-order chi connectivity index (χ0) is 17.5. The topological polar surface area (TPSA) is 79.7 Å². The highest BCUT2D eigenvalue weighted by Crippen LogP contribution is 2.16. The number of carbonyl (C=O) groups is 2. The van der Waals surface area contributed by atoms with E-state index in [0.29, 0.717) is 12.3 Å². The van der Waals surface area contributed by atoms with E-state index in [2.05, 4.69) is 4.98 Å². The second kappa shape index (κ2) is 8.44. The fourth-order valence-corrected chi connectivity index (χ4v) is 2.66. The molecule has 2 aromatic rings. The van der Waals surface area contributed by atoms with Crippen molar-refractivity contribution in [2.24, 2.45) is 0 Å². The van der Waals surface area contributed by atoms with Crippen molar-refractivity contribution in [1.29, 1.82) is 0 Å². The lowest BCUT2D eigenvalue weighted by Gasteiger charge is -2.15. The van der Waals surface area contributed by atoms with E-state index in [1.165, 1.54) is 21.8 Å². The largest absolute Gasteiger partial charge is 0.486 e. The first-order valence-electron chi connectivity index (χ1n) is 7.52. The molecule has 0 unspecified atom stereocenters. The number of carboxylic acid groups (broad SMARTS) is 1. The lowest BCUT2D eigenvalue weighted by atomic mass is 10.2. The Bertz CT molecular complexity index is 697. The van der Waals surface area contributed by atoms with Crippen LogP contribution in [-0.4, -0.2) is 40.5 Å². The van der Waals surface area contributed by atoms with Crippen LogP contribution in [0, 0.1) is 6.92 Å². The van der Waals surface area contributed by atoms with Crippen molar-refractivity contribution in [3.63, 3.8) is 0 Å². The van der Waals surface area contributed by atoms with Crippen molar-refractivity contribution in [3.8, 4) is 5.75 Å². The molecule has 1 aromatic heterocycles. The highest BCUT2D eigenvalue weighted by atomic mass is 32.1. The molecule has 1 heterocycles. The average molecular weight is 348 g/mol. The van der Waals surface area contributed by atoms with Crippen molar-refractivity contribution < 1.29 is 19.4 Å². The van der Waals surface area contributed by atoms with E-state index in [1.54, 1.807) is 7.05 Å². The Labute approximate surface area is 144 Å². The zero-order valence-electron chi connectivity index (χ0n) is 13.7.